The number of fused-ring (bicyclic) bond motifs is 1. The van der Waals surface area contributed by atoms with E-state index < -0.39 is 12.0 Å². The lowest BCUT2D eigenvalue weighted by atomic mass is 10.2. The van der Waals surface area contributed by atoms with E-state index in [9.17, 15) is 9.18 Å². The summed E-state index contributed by atoms with van der Waals surface area (Å²) >= 11 is 1.39. The van der Waals surface area contributed by atoms with Crippen LogP contribution in [-0.2, 0) is 9.53 Å². The smallest absolute Gasteiger partial charge is 0.323 e. The molecule has 0 fully saturated rings. The van der Waals surface area contributed by atoms with Crippen molar-refractivity contribution in [3.8, 4) is 0 Å². The van der Waals surface area contributed by atoms with Gasteiger partial charge < -0.3 is 10.5 Å². The van der Waals surface area contributed by atoms with E-state index in [4.69, 9.17) is 5.73 Å². The lowest BCUT2D eigenvalue weighted by molar-refractivity contribution is -0.141. The number of hydrogen-bond donors (Lipinski definition) is 1. The van der Waals surface area contributed by atoms with Gasteiger partial charge in [-0.1, -0.05) is 0 Å². The van der Waals surface area contributed by atoms with Gasteiger partial charge in [0.15, 0.2) is 0 Å². The molecule has 0 saturated carbocycles. The Balaban J connectivity index is 2.29. The van der Waals surface area contributed by atoms with E-state index in [1.165, 1.54) is 31.0 Å². The molecule has 0 aliphatic rings. The first-order chi connectivity index (χ1) is 9.51. The predicted octanol–water partition coefficient (Wildman–Crippen LogP) is 2.27. The number of nitrogens with two attached hydrogens (primary N) is 1. The molecular weight excluding hydrogens is 279 g/mol. The number of ether oxygens (including phenoxy) is 1. The lowest BCUT2D eigenvalue weighted by Gasteiger charge is -2.11. The molecule has 20 heavy (non-hydrogen) atoms. The second kappa shape index (κ2) is 6.19. The Morgan fingerprint density at radius 1 is 1.50 bits per heavy atom. The maximum Gasteiger partial charge on any atom is 0.323 e. The van der Waals surface area contributed by atoms with Crippen molar-refractivity contribution in [2.24, 2.45) is 5.73 Å². The minimum absolute atomic E-state index is 0.317. The van der Waals surface area contributed by atoms with Gasteiger partial charge in [0.25, 0.3) is 0 Å². The maximum atomic E-state index is 13.4. The fourth-order valence-electron chi connectivity index (χ4n) is 1.81. The molecule has 106 valence electrons. The van der Waals surface area contributed by atoms with Crippen LogP contribution in [0.2, 0.25) is 0 Å². The van der Waals surface area contributed by atoms with Crippen LogP contribution >= 0.6 is 11.8 Å². The Labute approximate surface area is 120 Å². The van der Waals surface area contributed by atoms with Crippen molar-refractivity contribution in [1.82, 2.24) is 4.98 Å². The summed E-state index contributed by atoms with van der Waals surface area (Å²) in [5, 5.41) is 0.720. The zero-order valence-corrected chi connectivity index (χ0v) is 12.0. The molecule has 4 nitrogen and oxygen atoms in total. The second-order valence-corrected chi connectivity index (χ2v) is 5.43. The van der Waals surface area contributed by atoms with Crippen molar-refractivity contribution in [3.63, 3.8) is 0 Å². The number of carbonyl (C=O) groups excluding carboxylic acids is 1. The molecule has 2 N–H and O–H groups in total. The quantitative estimate of drug-likeness (QED) is 0.692. The predicted molar refractivity (Wildman–Crippen MR) is 77.2 cm³/mol. The van der Waals surface area contributed by atoms with Crippen LogP contribution in [0, 0.1) is 12.7 Å². The average molecular weight is 294 g/mol. The Bertz CT molecular complexity index is 648. The fourth-order valence-corrected chi connectivity index (χ4v) is 2.88. The monoisotopic (exact) mass is 294 g/mol. The number of pyridine rings is 1. The summed E-state index contributed by atoms with van der Waals surface area (Å²) in [7, 11) is 1.30. The van der Waals surface area contributed by atoms with Crippen LogP contribution in [0.4, 0.5) is 4.39 Å². The van der Waals surface area contributed by atoms with Gasteiger partial charge in [0.1, 0.15) is 11.9 Å². The van der Waals surface area contributed by atoms with Crippen LogP contribution in [-0.4, -0.2) is 29.9 Å². The molecule has 1 aromatic carbocycles. The number of thioether (sulfide) groups is 1. The summed E-state index contributed by atoms with van der Waals surface area (Å²) in [6.07, 6.45) is 0. The Kier molecular flexibility index (Phi) is 4.57. The average Bonchev–Trinajstić information content (AvgIpc) is 2.44. The number of aromatic nitrogens is 1. The third-order valence-electron chi connectivity index (χ3n) is 2.78. The number of aryl methyl sites for hydroxylation is 1. The summed E-state index contributed by atoms with van der Waals surface area (Å²) in [6, 6.07) is 5.61. The van der Waals surface area contributed by atoms with Gasteiger partial charge >= 0.3 is 5.97 Å². The first-order valence-corrected chi connectivity index (χ1v) is 7.03. The molecule has 1 aromatic heterocycles. The van der Waals surface area contributed by atoms with Gasteiger partial charge in [-0.05, 0) is 31.2 Å². The van der Waals surface area contributed by atoms with Crippen LogP contribution in [0.3, 0.4) is 0 Å². The first-order valence-electron chi connectivity index (χ1n) is 6.04. The van der Waals surface area contributed by atoms with Crippen molar-refractivity contribution in [3.05, 3.63) is 35.8 Å². The highest BCUT2D eigenvalue weighted by Gasteiger charge is 2.15. The van der Waals surface area contributed by atoms with E-state index in [-0.39, 0.29) is 5.82 Å². The molecule has 2 rings (SSSR count). The highest BCUT2D eigenvalue weighted by molar-refractivity contribution is 7.99. The Morgan fingerprint density at radius 3 is 2.95 bits per heavy atom. The molecule has 0 aliphatic heterocycles. The molecule has 6 heteroatoms. The van der Waals surface area contributed by atoms with E-state index in [1.54, 1.807) is 6.07 Å². The third kappa shape index (κ3) is 3.26. The molecule has 1 unspecified atom stereocenters. The van der Waals surface area contributed by atoms with Crippen molar-refractivity contribution in [1.29, 1.82) is 0 Å². The molecule has 0 spiro atoms. The van der Waals surface area contributed by atoms with Crippen LogP contribution in [0.25, 0.3) is 10.9 Å². The number of halogens is 1. The van der Waals surface area contributed by atoms with E-state index in [0.717, 1.165) is 21.5 Å². The molecule has 1 atom stereocenters. The normalized spacial score (nSPS) is 12.4. The summed E-state index contributed by atoms with van der Waals surface area (Å²) in [4.78, 5) is 16.5. The summed E-state index contributed by atoms with van der Waals surface area (Å²) in [6.45, 7) is 1.87. The highest BCUT2D eigenvalue weighted by Crippen LogP contribution is 2.28. The molecule has 2 aromatic rings. The van der Waals surface area contributed by atoms with E-state index in [0.29, 0.717) is 5.75 Å². The maximum absolute atomic E-state index is 13.4. The van der Waals surface area contributed by atoms with Gasteiger partial charge in [-0.3, -0.25) is 9.78 Å². The van der Waals surface area contributed by atoms with Gasteiger partial charge in [-0.2, -0.15) is 0 Å². The number of methoxy groups -OCH3 is 1. The second-order valence-electron chi connectivity index (χ2n) is 4.36. The van der Waals surface area contributed by atoms with E-state index in [2.05, 4.69) is 9.72 Å². The SMILES string of the molecule is COC(=O)C(N)CSc1cc(C)nc2ccc(F)cc12. The van der Waals surface area contributed by atoms with Crippen molar-refractivity contribution in [2.75, 3.05) is 12.9 Å². The van der Waals surface area contributed by atoms with E-state index >= 15 is 0 Å². The number of carbonyl (C=O) groups is 1. The largest absolute Gasteiger partial charge is 0.468 e. The fraction of sp³-hybridized carbons (Fsp3) is 0.286. The number of rotatable bonds is 4. The molecule has 1 heterocycles. The number of nitrogens with zero attached hydrogens (tertiary/aromatic N) is 1. The van der Waals surface area contributed by atoms with Crippen molar-refractivity contribution in [2.45, 2.75) is 17.9 Å². The first kappa shape index (κ1) is 14.7. The zero-order valence-electron chi connectivity index (χ0n) is 11.2. The molecule has 0 amide bonds. The number of benzene rings is 1. The standard InChI is InChI=1S/C14H15FN2O2S/c1-8-5-13(20-7-11(16)14(18)19-2)10-6-9(15)3-4-12(10)17-8/h3-6,11H,7,16H2,1-2H3. The minimum Gasteiger partial charge on any atom is -0.468 e. The summed E-state index contributed by atoms with van der Waals surface area (Å²) in [5.41, 5.74) is 7.26. The molecule has 0 aliphatic carbocycles. The van der Waals surface area contributed by atoms with Gasteiger partial charge in [-0.15, -0.1) is 11.8 Å². The number of esters is 1. The Morgan fingerprint density at radius 2 is 2.25 bits per heavy atom. The van der Waals surface area contributed by atoms with Crippen LogP contribution in [0.1, 0.15) is 5.69 Å². The topological polar surface area (TPSA) is 65.2 Å². The molecular formula is C14H15FN2O2S. The number of hydrogen-bond acceptors (Lipinski definition) is 5. The van der Waals surface area contributed by atoms with Gasteiger partial charge in [0.05, 0.1) is 12.6 Å². The van der Waals surface area contributed by atoms with Gasteiger partial charge in [0, 0.05) is 21.7 Å². The van der Waals surface area contributed by atoms with Crippen LogP contribution < -0.4 is 5.73 Å². The van der Waals surface area contributed by atoms with Crippen molar-refractivity contribution >= 4 is 28.6 Å². The third-order valence-corrected chi connectivity index (χ3v) is 3.96. The summed E-state index contributed by atoms with van der Waals surface area (Å²) < 4.78 is 17.9. The van der Waals surface area contributed by atoms with E-state index in [1.807, 2.05) is 13.0 Å². The molecule has 0 bridgehead atoms. The zero-order chi connectivity index (χ0) is 14.7. The van der Waals surface area contributed by atoms with Gasteiger partial charge in [0.2, 0.25) is 0 Å². The van der Waals surface area contributed by atoms with Crippen molar-refractivity contribution < 1.29 is 13.9 Å². The molecule has 0 saturated heterocycles. The van der Waals surface area contributed by atoms with Crippen LogP contribution in [0.5, 0.6) is 0 Å². The minimum atomic E-state index is -0.706. The lowest BCUT2D eigenvalue weighted by Crippen LogP contribution is -2.33. The highest BCUT2D eigenvalue weighted by atomic mass is 32.2. The Hall–Kier alpha value is -1.66. The summed E-state index contributed by atoms with van der Waals surface area (Å²) in [5.74, 6) is -0.414. The van der Waals surface area contributed by atoms with Crippen LogP contribution in [0.15, 0.2) is 29.2 Å². The van der Waals surface area contributed by atoms with Gasteiger partial charge in [-0.25, -0.2) is 4.39 Å². The molecule has 0 radical (unpaired) electrons.